The quantitative estimate of drug-likeness (QED) is 0.264. The average Bonchev–Trinajstić information content (AvgIpc) is 3.59. The van der Waals surface area contributed by atoms with E-state index in [1.165, 1.54) is 44.1 Å². The molecule has 0 amide bonds. The number of thiazole rings is 1. The Hall–Kier alpha value is -4.81. The molecule has 1 unspecified atom stereocenters. The van der Waals surface area contributed by atoms with Gasteiger partial charge in [-0.3, -0.25) is 9.36 Å². The summed E-state index contributed by atoms with van der Waals surface area (Å²) in [5, 5.41) is 9.68. The summed E-state index contributed by atoms with van der Waals surface area (Å²) in [4.78, 5) is 43.7. The van der Waals surface area contributed by atoms with Crippen molar-refractivity contribution in [2.75, 3.05) is 27.9 Å². The van der Waals surface area contributed by atoms with Gasteiger partial charge >= 0.3 is 11.9 Å². The van der Waals surface area contributed by atoms with Crippen LogP contribution in [0.2, 0.25) is 5.02 Å². The number of fused-ring (bicyclic) bond motifs is 1. The number of halogens is 1. The van der Waals surface area contributed by atoms with Crippen LogP contribution in [0.1, 0.15) is 41.6 Å². The lowest BCUT2D eigenvalue weighted by Gasteiger charge is -2.26. The van der Waals surface area contributed by atoms with Gasteiger partial charge in [0.1, 0.15) is 11.5 Å². The van der Waals surface area contributed by atoms with Crippen molar-refractivity contribution in [1.29, 1.82) is 0 Å². The van der Waals surface area contributed by atoms with E-state index in [1.54, 1.807) is 44.2 Å². The van der Waals surface area contributed by atoms with Crippen LogP contribution in [0.25, 0.3) is 17.4 Å². The largest absolute Gasteiger partial charge is 0.493 e. The van der Waals surface area contributed by atoms with Crippen molar-refractivity contribution < 1.29 is 38.1 Å². The second-order valence-corrected chi connectivity index (χ2v) is 10.9. The monoisotopic (exact) mass is 638 g/mol. The van der Waals surface area contributed by atoms with Gasteiger partial charge in [-0.15, -0.1) is 0 Å². The maximum Gasteiger partial charge on any atom is 0.338 e. The number of allylic oxidation sites excluding steroid dienone is 1. The minimum absolute atomic E-state index is 0.0511. The molecule has 4 aromatic rings. The van der Waals surface area contributed by atoms with Crippen LogP contribution in [-0.2, 0) is 9.53 Å². The number of aromatic nitrogens is 1. The second kappa shape index (κ2) is 12.4. The number of carbonyl (C=O) groups is 2. The fourth-order valence-corrected chi connectivity index (χ4v) is 6.16. The number of carbonyl (C=O) groups excluding carboxylic acids is 1. The molecule has 1 aliphatic heterocycles. The Morgan fingerprint density at radius 2 is 1.80 bits per heavy atom. The zero-order valence-electron chi connectivity index (χ0n) is 24.3. The highest BCUT2D eigenvalue weighted by molar-refractivity contribution is 7.07. The van der Waals surface area contributed by atoms with Crippen molar-refractivity contribution in [3.05, 3.63) is 95.3 Å². The number of nitrogens with zero attached hydrogens (tertiary/aromatic N) is 2. The Labute approximate surface area is 259 Å². The molecule has 44 heavy (non-hydrogen) atoms. The van der Waals surface area contributed by atoms with E-state index in [9.17, 15) is 19.5 Å². The molecular formula is C31H27ClN2O9S. The lowest BCUT2D eigenvalue weighted by molar-refractivity contribution is -0.139. The van der Waals surface area contributed by atoms with Gasteiger partial charge in [0.25, 0.3) is 5.56 Å². The number of furan rings is 1. The molecule has 0 saturated carbocycles. The first-order valence-electron chi connectivity index (χ1n) is 13.2. The smallest absolute Gasteiger partial charge is 0.338 e. The molecule has 11 nitrogen and oxygen atoms in total. The molecule has 2 aromatic heterocycles. The van der Waals surface area contributed by atoms with Gasteiger partial charge in [0.2, 0.25) is 5.75 Å². The number of rotatable bonds is 9. The van der Waals surface area contributed by atoms with Gasteiger partial charge in [-0.25, -0.2) is 14.6 Å². The van der Waals surface area contributed by atoms with E-state index in [0.717, 1.165) is 11.3 Å². The molecule has 5 rings (SSSR count). The molecule has 1 N–H and O–H groups in total. The Morgan fingerprint density at radius 1 is 1.09 bits per heavy atom. The normalized spacial score (nSPS) is 14.6. The Kier molecular flexibility index (Phi) is 8.66. The zero-order valence-corrected chi connectivity index (χ0v) is 25.9. The minimum atomic E-state index is -1.10. The summed E-state index contributed by atoms with van der Waals surface area (Å²) in [5.74, 6) is -0.0215. The third-order valence-electron chi connectivity index (χ3n) is 6.90. The fraction of sp³-hybridized carbons (Fsp3) is 0.226. The Balaban J connectivity index is 1.68. The molecule has 1 aliphatic rings. The molecule has 0 saturated heterocycles. The van der Waals surface area contributed by atoms with Crippen LogP contribution in [0.4, 0.5) is 0 Å². The molecule has 13 heteroatoms. The maximum absolute atomic E-state index is 14.0. The van der Waals surface area contributed by atoms with Gasteiger partial charge in [0.05, 0.1) is 60.4 Å². The summed E-state index contributed by atoms with van der Waals surface area (Å²) in [6, 6.07) is 10.00. The van der Waals surface area contributed by atoms with Gasteiger partial charge in [0.15, 0.2) is 16.3 Å². The lowest BCUT2D eigenvalue weighted by Crippen LogP contribution is -2.40. The molecule has 0 bridgehead atoms. The SMILES string of the molecule is CCOC(=O)C1=C(C)N=c2sc(=Cc3ccc(-c4cc(C(=O)O)ccc4Cl)o3)c(=O)n2C1c1cc(OC)c(OC)c(OC)c1. The fourth-order valence-electron chi connectivity index (χ4n) is 4.92. The van der Waals surface area contributed by atoms with Gasteiger partial charge in [-0.1, -0.05) is 22.9 Å². The van der Waals surface area contributed by atoms with Crippen molar-refractivity contribution in [3.8, 4) is 28.6 Å². The lowest BCUT2D eigenvalue weighted by atomic mass is 9.95. The highest BCUT2D eigenvalue weighted by atomic mass is 35.5. The predicted octanol–water partition coefficient (Wildman–Crippen LogP) is 4.44. The number of aromatic carboxylic acids is 1. The van der Waals surface area contributed by atoms with Crippen LogP contribution in [0.3, 0.4) is 0 Å². The topological polar surface area (TPSA) is 139 Å². The van der Waals surface area contributed by atoms with Crippen LogP contribution in [0.5, 0.6) is 17.2 Å². The van der Waals surface area contributed by atoms with Crippen molar-refractivity contribution in [3.63, 3.8) is 0 Å². The highest BCUT2D eigenvalue weighted by Gasteiger charge is 2.34. The Morgan fingerprint density at radius 3 is 2.41 bits per heavy atom. The first kappa shape index (κ1) is 30.6. The predicted molar refractivity (Wildman–Crippen MR) is 163 cm³/mol. The van der Waals surface area contributed by atoms with E-state index in [-0.39, 0.29) is 22.3 Å². The summed E-state index contributed by atoms with van der Waals surface area (Å²) in [5.41, 5.74) is 1.11. The van der Waals surface area contributed by atoms with Gasteiger partial charge in [-0.2, -0.15) is 0 Å². The number of carboxylic acid groups (broad SMARTS) is 1. The van der Waals surface area contributed by atoms with Crippen molar-refractivity contribution >= 4 is 41.0 Å². The third-order valence-corrected chi connectivity index (χ3v) is 8.21. The number of methoxy groups -OCH3 is 3. The molecule has 3 heterocycles. The number of benzene rings is 2. The van der Waals surface area contributed by atoms with Crippen molar-refractivity contribution in [1.82, 2.24) is 4.57 Å². The van der Waals surface area contributed by atoms with Gasteiger partial charge in [0, 0.05) is 11.6 Å². The molecule has 1 atom stereocenters. The standard InChI is InChI=1S/C31H27ClN2O9S/c1-6-42-30(38)25-15(2)33-31-34(26(25)17-12-22(39-3)27(41-5)23(13-17)40-4)28(35)24(44-31)14-18-8-10-21(43-18)19-11-16(29(36)37)7-9-20(19)32/h7-14,26H,6H2,1-5H3,(H,36,37). The molecule has 0 spiro atoms. The second-order valence-electron chi connectivity index (χ2n) is 9.46. The summed E-state index contributed by atoms with van der Waals surface area (Å²) in [6.45, 7) is 3.50. The van der Waals surface area contributed by atoms with E-state index in [2.05, 4.69) is 4.99 Å². The van der Waals surface area contributed by atoms with Crippen LogP contribution >= 0.6 is 22.9 Å². The first-order valence-corrected chi connectivity index (χ1v) is 14.4. The van der Waals surface area contributed by atoms with E-state index < -0.39 is 23.5 Å². The van der Waals surface area contributed by atoms with E-state index >= 15 is 0 Å². The number of esters is 1. The van der Waals surface area contributed by atoms with Crippen LogP contribution in [0, 0.1) is 0 Å². The number of hydrogen-bond donors (Lipinski definition) is 1. The molecule has 0 radical (unpaired) electrons. The summed E-state index contributed by atoms with van der Waals surface area (Å²) in [6.07, 6.45) is 1.55. The third kappa shape index (κ3) is 5.49. The average molecular weight is 639 g/mol. The van der Waals surface area contributed by atoms with E-state index in [1.807, 2.05) is 0 Å². The Bertz CT molecular complexity index is 1980. The summed E-state index contributed by atoms with van der Waals surface area (Å²) >= 11 is 7.43. The molecule has 2 aromatic carbocycles. The molecular weight excluding hydrogens is 612 g/mol. The van der Waals surface area contributed by atoms with Gasteiger partial charge < -0.3 is 28.5 Å². The molecule has 228 valence electrons. The van der Waals surface area contributed by atoms with Gasteiger partial charge in [-0.05, 0) is 61.9 Å². The first-order chi connectivity index (χ1) is 21.1. The van der Waals surface area contributed by atoms with Crippen LogP contribution in [-0.4, -0.2) is 49.5 Å². The summed E-state index contributed by atoms with van der Waals surface area (Å²) in [7, 11) is 4.43. The van der Waals surface area contributed by atoms with Crippen molar-refractivity contribution in [2.24, 2.45) is 4.99 Å². The molecule has 0 fully saturated rings. The van der Waals surface area contributed by atoms with Crippen molar-refractivity contribution in [2.45, 2.75) is 19.9 Å². The van der Waals surface area contributed by atoms with Crippen LogP contribution in [0.15, 0.2) is 67.9 Å². The number of ether oxygens (including phenoxy) is 4. The number of carboxylic acids is 1. The highest BCUT2D eigenvalue weighted by Crippen LogP contribution is 2.42. The number of hydrogen-bond acceptors (Lipinski definition) is 10. The molecule has 0 aliphatic carbocycles. The minimum Gasteiger partial charge on any atom is -0.493 e. The zero-order chi connectivity index (χ0) is 31.7. The van der Waals surface area contributed by atoms with E-state index in [0.29, 0.717) is 55.4 Å². The van der Waals surface area contributed by atoms with Crippen LogP contribution < -0.4 is 29.1 Å². The maximum atomic E-state index is 14.0. The summed E-state index contributed by atoms with van der Waals surface area (Å²) < 4.78 is 29.6. The van der Waals surface area contributed by atoms with E-state index in [4.69, 9.17) is 35.0 Å².